The summed E-state index contributed by atoms with van der Waals surface area (Å²) in [5.74, 6) is 3.51. The van der Waals surface area contributed by atoms with E-state index >= 15 is 0 Å². The normalized spacial score (nSPS) is 19.7. The van der Waals surface area contributed by atoms with Crippen LogP contribution < -0.4 is 24.3 Å². The summed E-state index contributed by atoms with van der Waals surface area (Å²) in [6, 6.07) is 13.2. The lowest BCUT2D eigenvalue weighted by atomic mass is 9.82. The van der Waals surface area contributed by atoms with Crippen LogP contribution in [0.4, 0.5) is 5.69 Å². The lowest BCUT2D eigenvalue weighted by Crippen LogP contribution is -2.29. The third-order valence-corrected chi connectivity index (χ3v) is 6.41. The Morgan fingerprint density at radius 2 is 1.85 bits per heavy atom. The number of fused-ring (bicyclic) bond motifs is 2. The Morgan fingerprint density at radius 1 is 1.03 bits per heavy atom. The predicted molar refractivity (Wildman–Crippen MR) is 125 cm³/mol. The first kappa shape index (κ1) is 21.4. The first-order chi connectivity index (χ1) is 16.2. The second kappa shape index (κ2) is 9.57. The third kappa shape index (κ3) is 4.82. The van der Waals surface area contributed by atoms with Crippen LogP contribution in [0.2, 0.25) is 0 Å². The van der Waals surface area contributed by atoms with Gasteiger partial charge in [-0.15, -0.1) is 0 Å². The number of amides is 1. The quantitative estimate of drug-likeness (QED) is 0.581. The Hall–Kier alpha value is -3.48. The topological polar surface area (TPSA) is 78.9 Å². The number of ether oxygens (including phenoxy) is 4. The molecule has 2 aromatic carbocycles. The molecule has 1 saturated carbocycles. The fourth-order valence-corrected chi connectivity index (χ4v) is 4.52. The van der Waals surface area contributed by atoms with Crippen LogP contribution in [0.25, 0.3) is 10.9 Å². The molecular formula is C26H28N2O5. The molecule has 1 aliphatic heterocycles. The van der Waals surface area contributed by atoms with Crippen molar-refractivity contribution in [1.82, 2.24) is 4.98 Å². The van der Waals surface area contributed by atoms with Crippen LogP contribution in [0.5, 0.6) is 23.0 Å². The molecule has 172 valence electrons. The number of hydrogen-bond acceptors (Lipinski definition) is 6. The molecule has 1 aromatic heterocycles. The van der Waals surface area contributed by atoms with Crippen molar-refractivity contribution in [2.75, 3.05) is 32.2 Å². The molecule has 3 aromatic rings. The summed E-state index contributed by atoms with van der Waals surface area (Å²) in [5, 5.41) is 3.99. The zero-order valence-electron chi connectivity index (χ0n) is 18.7. The average Bonchev–Trinajstić information content (AvgIpc) is 2.87. The fraction of sp³-hybridized carbons (Fsp3) is 0.385. The van der Waals surface area contributed by atoms with Crippen molar-refractivity contribution in [1.29, 1.82) is 0 Å². The number of nitrogens with zero attached hydrogens (tertiary/aromatic N) is 1. The van der Waals surface area contributed by atoms with Gasteiger partial charge in [0, 0.05) is 29.3 Å². The summed E-state index contributed by atoms with van der Waals surface area (Å²) >= 11 is 0. The predicted octanol–water partition coefficient (Wildman–Crippen LogP) is 4.84. The number of methoxy groups -OCH3 is 1. The van der Waals surface area contributed by atoms with Gasteiger partial charge in [-0.2, -0.15) is 0 Å². The number of aromatic nitrogens is 1. The highest BCUT2D eigenvalue weighted by Crippen LogP contribution is 2.35. The summed E-state index contributed by atoms with van der Waals surface area (Å²) in [6.45, 7) is 1.71. The Kier molecular flexibility index (Phi) is 6.19. The van der Waals surface area contributed by atoms with Crippen LogP contribution in [-0.4, -0.2) is 37.8 Å². The maximum Gasteiger partial charge on any atom is 0.227 e. The molecule has 0 atom stereocenters. The number of hydrogen-bond donors (Lipinski definition) is 1. The van der Waals surface area contributed by atoms with Gasteiger partial charge in [0.2, 0.25) is 5.91 Å². The number of anilines is 1. The largest absolute Gasteiger partial charge is 0.497 e. The SMILES string of the molecule is COc1ccc2nccc(OCC3CCC(C(=O)Nc4ccc5c(c4)OCCO5)CC3)c2c1. The number of pyridine rings is 1. The lowest BCUT2D eigenvalue weighted by Gasteiger charge is -2.28. The van der Waals surface area contributed by atoms with Crippen molar-refractivity contribution in [2.24, 2.45) is 11.8 Å². The van der Waals surface area contributed by atoms with E-state index in [0.717, 1.165) is 59.5 Å². The summed E-state index contributed by atoms with van der Waals surface area (Å²) in [4.78, 5) is 17.2. The molecule has 5 rings (SSSR count). The van der Waals surface area contributed by atoms with E-state index in [-0.39, 0.29) is 11.8 Å². The molecule has 1 amide bonds. The molecule has 7 heteroatoms. The summed E-state index contributed by atoms with van der Waals surface area (Å²) < 4.78 is 22.7. The molecule has 1 fully saturated rings. The van der Waals surface area contributed by atoms with E-state index < -0.39 is 0 Å². The minimum absolute atomic E-state index is 0.0143. The van der Waals surface area contributed by atoms with Gasteiger partial charge in [0.05, 0.1) is 19.2 Å². The minimum atomic E-state index is 0.0143. The average molecular weight is 449 g/mol. The minimum Gasteiger partial charge on any atom is -0.497 e. The van der Waals surface area contributed by atoms with Gasteiger partial charge in [-0.25, -0.2) is 0 Å². The molecule has 0 saturated heterocycles. The first-order valence-electron chi connectivity index (χ1n) is 11.5. The van der Waals surface area contributed by atoms with Crippen molar-refractivity contribution in [3.8, 4) is 23.0 Å². The zero-order chi connectivity index (χ0) is 22.6. The van der Waals surface area contributed by atoms with Gasteiger partial charge in [-0.1, -0.05) is 0 Å². The molecule has 7 nitrogen and oxygen atoms in total. The molecular weight excluding hydrogens is 420 g/mol. The van der Waals surface area contributed by atoms with Crippen molar-refractivity contribution in [3.05, 3.63) is 48.7 Å². The standard InChI is InChI=1S/C26H28N2O5/c1-30-20-7-8-22-21(15-20)23(10-11-27-22)33-16-17-2-4-18(5-3-17)26(29)28-19-6-9-24-25(14-19)32-13-12-31-24/h6-11,14-15,17-18H,2-5,12-13,16H2,1H3,(H,28,29). The maximum atomic E-state index is 12.8. The van der Waals surface area contributed by atoms with Crippen LogP contribution in [0.15, 0.2) is 48.7 Å². The van der Waals surface area contributed by atoms with Gasteiger partial charge >= 0.3 is 0 Å². The van der Waals surface area contributed by atoms with Crippen molar-refractivity contribution < 1.29 is 23.7 Å². The van der Waals surface area contributed by atoms with Gasteiger partial charge < -0.3 is 24.3 Å². The number of benzene rings is 2. The Labute approximate surface area is 193 Å². The van der Waals surface area contributed by atoms with Crippen molar-refractivity contribution in [2.45, 2.75) is 25.7 Å². The van der Waals surface area contributed by atoms with E-state index in [2.05, 4.69) is 10.3 Å². The highest BCUT2D eigenvalue weighted by atomic mass is 16.6. The van der Waals surface area contributed by atoms with Gasteiger partial charge in [0.25, 0.3) is 0 Å². The Bertz CT molecular complexity index is 1140. The molecule has 0 radical (unpaired) electrons. The Balaban J connectivity index is 1.14. The Morgan fingerprint density at radius 3 is 2.67 bits per heavy atom. The number of carbonyl (C=O) groups excluding carboxylic acids is 1. The van der Waals surface area contributed by atoms with Crippen molar-refractivity contribution >= 4 is 22.5 Å². The van der Waals surface area contributed by atoms with Crippen LogP contribution >= 0.6 is 0 Å². The van der Waals surface area contributed by atoms with Gasteiger partial charge in [0.15, 0.2) is 11.5 Å². The molecule has 1 N–H and O–H groups in total. The smallest absolute Gasteiger partial charge is 0.227 e. The van der Waals surface area contributed by atoms with Gasteiger partial charge in [-0.3, -0.25) is 9.78 Å². The van der Waals surface area contributed by atoms with E-state index in [1.807, 2.05) is 42.5 Å². The molecule has 2 aliphatic rings. The third-order valence-electron chi connectivity index (χ3n) is 6.41. The number of nitrogens with one attached hydrogen (secondary N) is 1. The van der Waals surface area contributed by atoms with Crippen molar-refractivity contribution in [3.63, 3.8) is 0 Å². The van der Waals surface area contributed by atoms with E-state index in [1.54, 1.807) is 13.3 Å². The van der Waals surface area contributed by atoms with E-state index in [0.29, 0.717) is 31.5 Å². The monoisotopic (exact) mass is 448 g/mol. The molecule has 0 bridgehead atoms. The van der Waals surface area contributed by atoms with E-state index in [4.69, 9.17) is 18.9 Å². The molecule has 0 unspecified atom stereocenters. The van der Waals surface area contributed by atoms with E-state index in [9.17, 15) is 4.79 Å². The highest BCUT2D eigenvalue weighted by Gasteiger charge is 2.27. The molecule has 2 heterocycles. The summed E-state index contributed by atoms with van der Waals surface area (Å²) in [7, 11) is 1.65. The van der Waals surface area contributed by atoms with Crippen LogP contribution in [0.3, 0.4) is 0 Å². The molecule has 0 spiro atoms. The highest BCUT2D eigenvalue weighted by molar-refractivity contribution is 5.93. The fourth-order valence-electron chi connectivity index (χ4n) is 4.52. The maximum absolute atomic E-state index is 12.8. The lowest BCUT2D eigenvalue weighted by molar-refractivity contribution is -0.121. The second-order valence-electron chi connectivity index (χ2n) is 8.57. The molecule has 1 aliphatic carbocycles. The summed E-state index contributed by atoms with van der Waals surface area (Å²) in [5.41, 5.74) is 1.63. The molecule has 33 heavy (non-hydrogen) atoms. The van der Waals surface area contributed by atoms with Gasteiger partial charge in [0.1, 0.15) is 24.7 Å². The second-order valence-corrected chi connectivity index (χ2v) is 8.57. The van der Waals surface area contributed by atoms with Gasteiger partial charge in [-0.05, 0) is 68.0 Å². The summed E-state index contributed by atoms with van der Waals surface area (Å²) in [6.07, 6.45) is 5.41. The number of rotatable bonds is 6. The first-order valence-corrected chi connectivity index (χ1v) is 11.5. The zero-order valence-corrected chi connectivity index (χ0v) is 18.7. The van der Waals surface area contributed by atoms with Crippen LogP contribution in [-0.2, 0) is 4.79 Å². The van der Waals surface area contributed by atoms with Crippen LogP contribution in [0.1, 0.15) is 25.7 Å². The number of carbonyl (C=O) groups is 1. The van der Waals surface area contributed by atoms with Crippen LogP contribution in [0, 0.1) is 11.8 Å². The van der Waals surface area contributed by atoms with E-state index in [1.165, 1.54) is 0 Å².